The molecule has 0 aliphatic carbocycles. The van der Waals surface area contributed by atoms with Gasteiger partial charge in [-0.05, 0) is 68.1 Å². The van der Waals surface area contributed by atoms with Crippen molar-refractivity contribution < 1.29 is 17.9 Å². The van der Waals surface area contributed by atoms with Gasteiger partial charge in [-0.25, -0.2) is 8.42 Å². The molecule has 0 amide bonds. The molecule has 2 atom stereocenters. The highest BCUT2D eigenvalue weighted by Crippen LogP contribution is 2.47. The Labute approximate surface area is 208 Å². The smallest absolute Gasteiger partial charge is 0.244 e. The maximum absolute atomic E-state index is 14.0. The molecule has 0 unspecified atom stereocenters. The van der Waals surface area contributed by atoms with Gasteiger partial charge in [0, 0.05) is 13.1 Å². The van der Waals surface area contributed by atoms with E-state index in [0.29, 0.717) is 36.2 Å². The SMILES string of the molecule is CCOc1ccc([C@H]2N3CCc4ccccc4[C@H]3CN2S(=O)(=O)c2ccc(C)cc2)cc1OCC. The van der Waals surface area contributed by atoms with Crippen LogP contribution < -0.4 is 9.47 Å². The van der Waals surface area contributed by atoms with Crippen LogP contribution in [0.1, 0.15) is 48.3 Å². The summed E-state index contributed by atoms with van der Waals surface area (Å²) in [6.45, 7) is 8.04. The van der Waals surface area contributed by atoms with Crippen LogP contribution in [0.3, 0.4) is 0 Å². The first-order chi connectivity index (χ1) is 16.9. The van der Waals surface area contributed by atoms with Crippen LogP contribution in [0.5, 0.6) is 11.5 Å². The first-order valence-electron chi connectivity index (χ1n) is 12.3. The van der Waals surface area contributed by atoms with Gasteiger partial charge >= 0.3 is 0 Å². The lowest BCUT2D eigenvalue weighted by Crippen LogP contribution is -2.37. The third kappa shape index (κ3) is 4.33. The van der Waals surface area contributed by atoms with Gasteiger partial charge in [-0.1, -0.05) is 48.0 Å². The third-order valence-corrected chi connectivity index (χ3v) is 8.72. The van der Waals surface area contributed by atoms with Crippen LogP contribution in [0.2, 0.25) is 0 Å². The molecule has 5 rings (SSSR count). The van der Waals surface area contributed by atoms with Crippen LogP contribution in [0.15, 0.2) is 71.6 Å². The molecule has 0 saturated carbocycles. The zero-order valence-electron chi connectivity index (χ0n) is 20.5. The minimum absolute atomic E-state index is 0.00714. The number of hydrogen-bond donors (Lipinski definition) is 0. The highest BCUT2D eigenvalue weighted by molar-refractivity contribution is 7.89. The zero-order valence-corrected chi connectivity index (χ0v) is 21.3. The van der Waals surface area contributed by atoms with E-state index in [0.717, 1.165) is 24.1 Å². The number of benzene rings is 3. The summed E-state index contributed by atoms with van der Waals surface area (Å²) in [5.41, 5.74) is 4.42. The first-order valence-corrected chi connectivity index (χ1v) is 13.7. The van der Waals surface area contributed by atoms with Crippen LogP contribution in [-0.2, 0) is 16.4 Å². The average Bonchev–Trinajstić information content (AvgIpc) is 3.27. The molecule has 3 aromatic rings. The lowest BCUT2D eigenvalue weighted by Gasteiger charge is -2.36. The Morgan fingerprint density at radius 3 is 2.37 bits per heavy atom. The Morgan fingerprint density at radius 1 is 0.914 bits per heavy atom. The number of nitrogens with zero attached hydrogens (tertiary/aromatic N) is 2. The van der Waals surface area contributed by atoms with Crippen LogP contribution in [-0.4, -0.2) is 43.9 Å². The lowest BCUT2D eigenvalue weighted by molar-refractivity contribution is 0.154. The van der Waals surface area contributed by atoms with Crippen molar-refractivity contribution in [2.24, 2.45) is 0 Å². The van der Waals surface area contributed by atoms with E-state index >= 15 is 0 Å². The van der Waals surface area contributed by atoms with Crippen molar-refractivity contribution >= 4 is 10.0 Å². The zero-order chi connectivity index (χ0) is 24.6. The van der Waals surface area contributed by atoms with Crippen molar-refractivity contribution in [2.45, 2.75) is 44.3 Å². The van der Waals surface area contributed by atoms with Gasteiger partial charge < -0.3 is 9.47 Å². The molecule has 0 spiro atoms. The predicted molar refractivity (Wildman–Crippen MR) is 136 cm³/mol. The molecule has 0 N–H and O–H groups in total. The second-order valence-corrected chi connectivity index (χ2v) is 10.9. The molecule has 35 heavy (non-hydrogen) atoms. The van der Waals surface area contributed by atoms with Gasteiger partial charge in [0.25, 0.3) is 0 Å². The van der Waals surface area contributed by atoms with Crippen molar-refractivity contribution in [3.63, 3.8) is 0 Å². The fraction of sp³-hybridized carbons (Fsp3) is 0.357. The van der Waals surface area contributed by atoms with Gasteiger partial charge in [0.1, 0.15) is 6.17 Å². The molecule has 3 aromatic carbocycles. The number of hydrogen-bond acceptors (Lipinski definition) is 5. The van der Waals surface area contributed by atoms with E-state index in [-0.39, 0.29) is 6.04 Å². The molecule has 1 fully saturated rings. The summed E-state index contributed by atoms with van der Waals surface area (Å²) in [6, 6.07) is 21.3. The molecule has 184 valence electrons. The van der Waals surface area contributed by atoms with E-state index in [1.54, 1.807) is 16.4 Å². The number of fused-ring (bicyclic) bond motifs is 3. The third-order valence-electron chi connectivity index (χ3n) is 6.89. The summed E-state index contributed by atoms with van der Waals surface area (Å²) >= 11 is 0. The van der Waals surface area contributed by atoms with Crippen LogP contribution >= 0.6 is 0 Å². The average molecular weight is 493 g/mol. The summed E-state index contributed by atoms with van der Waals surface area (Å²) in [7, 11) is -3.74. The predicted octanol–water partition coefficient (Wildman–Crippen LogP) is 5.09. The van der Waals surface area contributed by atoms with Crippen molar-refractivity contribution in [1.82, 2.24) is 9.21 Å². The Kier molecular flexibility index (Phi) is 6.57. The molecular formula is C28H32N2O4S. The highest BCUT2D eigenvalue weighted by Gasteiger charge is 2.48. The molecule has 0 bridgehead atoms. The van der Waals surface area contributed by atoms with Crippen molar-refractivity contribution in [2.75, 3.05) is 26.3 Å². The van der Waals surface area contributed by atoms with Gasteiger partial charge in [0.15, 0.2) is 11.5 Å². The quantitative estimate of drug-likeness (QED) is 0.460. The van der Waals surface area contributed by atoms with E-state index in [9.17, 15) is 8.42 Å². The lowest BCUT2D eigenvalue weighted by atomic mass is 9.93. The summed E-state index contributed by atoms with van der Waals surface area (Å²) in [5.74, 6) is 1.31. The van der Waals surface area contributed by atoms with E-state index in [1.165, 1.54) is 11.1 Å². The normalized spacial score (nSPS) is 20.3. The molecular weight excluding hydrogens is 460 g/mol. The molecule has 2 aliphatic heterocycles. The number of aryl methyl sites for hydroxylation is 1. The molecule has 2 aliphatic rings. The minimum atomic E-state index is -3.74. The van der Waals surface area contributed by atoms with Crippen LogP contribution in [0, 0.1) is 6.92 Å². The van der Waals surface area contributed by atoms with Crippen LogP contribution in [0.4, 0.5) is 0 Å². The minimum Gasteiger partial charge on any atom is -0.490 e. The molecule has 1 saturated heterocycles. The molecule has 7 heteroatoms. The maximum atomic E-state index is 14.0. The number of ether oxygens (including phenoxy) is 2. The number of rotatable bonds is 7. The summed E-state index contributed by atoms with van der Waals surface area (Å²) in [6.07, 6.45) is 0.450. The summed E-state index contributed by atoms with van der Waals surface area (Å²) < 4.78 is 41.3. The Morgan fingerprint density at radius 2 is 1.63 bits per heavy atom. The second kappa shape index (κ2) is 9.64. The maximum Gasteiger partial charge on any atom is 0.244 e. The largest absolute Gasteiger partial charge is 0.490 e. The standard InChI is InChI=1S/C28H32N2O4S/c1-4-33-26-15-12-22(18-27(26)34-5-2)28-29-17-16-21-8-6-7-9-24(21)25(29)19-30(28)35(31,32)23-13-10-20(3)11-14-23/h6-15,18,25,28H,4-5,16-17,19H2,1-3H3/t25-,28+/m1/s1. The monoisotopic (exact) mass is 492 g/mol. The van der Waals surface area contributed by atoms with E-state index < -0.39 is 16.2 Å². The molecule has 2 heterocycles. The van der Waals surface area contributed by atoms with Gasteiger partial charge in [0.05, 0.1) is 24.2 Å². The Balaban J connectivity index is 1.62. The van der Waals surface area contributed by atoms with Gasteiger partial charge in [-0.3, -0.25) is 4.90 Å². The van der Waals surface area contributed by atoms with Crippen molar-refractivity contribution in [1.29, 1.82) is 0 Å². The second-order valence-electron chi connectivity index (χ2n) is 9.04. The van der Waals surface area contributed by atoms with Gasteiger partial charge in [-0.2, -0.15) is 4.31 Å². The van der Waals surface area contributed by atoms with E-state index in [1.807, 2.05) is 57.2 Å². The molecule has 0 radical (unpaired) electrons. The Bertz CT molecular complexity index is 1310. The fourth-order valence-electron chi connectivity index (χ4n) is 5.26. The molecule has 6 nitrogen and oxygen atoms in total. The number of sulfonamides is 1. The highest BCUT2D eigenvalue weighted by atomic mass is 32.2. The van der Waals surface area contributed by atoms with Gasteiger partial charge in [0.2, 0.25) is 10.0 Å². The topological polar surface area (TPSA) is 59.1 Å². The first kappa shape index (κ1) is 23.9. The fourth-order valence-corrected chi connectivity index (χ4v) is 6.86. The van der Waals surface area contributed by atoms with Crippen LogP contribution in [0.25, 0.3) is 0 Å². The van der Waals surface area contributed by atoms with Gasteiger partial charge in [-0.15, -0.1) is 0 Å². The molecule has 0 aromatic heterocycles. The van der Waals surface area contributed by atoms with Crippen molar-refractivity contribution in [3.8, 4) is 11.5 Å². The summed E-state index contributed by atoms with van der Waals surface area (Å²) in [4.78, 5) is 2.64. The van der Waals surface area contributed by atoms with E-state index in [2.05, 4.69) is 23.1 Å². The Hall–Kier alpha value is -2.87. The van der Waals surface area contributed by atoms with Crippen molar-refractivity contribution in [3.05, 3.63) is 89.0 Å². The van der Waals surface area contributed by atoms with E-state index in [4.69, 9.17) is 9.47 Å². The summed E-state index contributed by atoms with van der Waals surface area (Å²) in [5, 5.41) is 0.